The number of carbonyl (C=O) groups is 3. The van der Waals surface area contributed by atoms with Gasteiger partial charge in [0.25, 0.3) is 7.37 Å². The van der Waals surface area contributed by atoms with E-state index < -0.39 is 25.0 Å². The van der Waals surface area contributed by atoms with E-state index in [9.17, 15) is 18.9 Å². The molecule has 1 aromatic rings. The van der Waals surface area contributed by atoms with Crippen LogP contribution >= 0.6 is 7.37 Å². The first-order valence-corrected chi connectivity index (χ1v) is 14.5. The molecule has 0 saturated carbocycles. The second-order valence-electron chi connectivity index (χ2n) is 8.18. The summed E-state index contributed by atoms with van der Waals surface area (Å²) in [4.78, 5) is 36.8. The third-order valence-electron chi connectivity index (χ3n) is 5.24. The van der Waals surface area contributed by atoms with E-state index in [1.165, 1.54) is 0 Å². The predicted molar refractivity (Wildman–Crippen MR) is 139 cm³/mol. The Hall–Kier alpha value is -2.42. The minimum absolute atomic E-state index is 0.00264. The second-order valence-corrected chi connectivity index (χ2v) is 10.9. The van der Waals surface area contributed by atoms with Gasteiger partial charge >= 0.3 is 5.97 Å². The third kappa shape index (κ3) is 13.6. The van der Waals surface area contributed by atoms with Gasteiger partial charge in [0.15, 0.2) is 0 Å². The predicted octanol–water partition coefficient (Wildman–Crippen LogP) is 3.19. The number of rotatable bonds is 20. The van der Waals surface area contributed by atoms with Crippen LogP contribution in [0, 0.1) is 0 Å². The zero-order valence-corrected chi connectivity index (χ0v) is 22.4. The molecule has 0 fully saturated rings. The molecule has 0 aliphatic heterocycles. The maximum absolute atomic E-state index is 14.1. The summed E-state index contributed by atoms with van der Waals surface area (Å²) in [5.41, 5.74) is 5.63. The Morgan fingerprint density at radius 3 is 2.36 bits per heavy atom. The van der Waals surface area contributed by atoms with E-state index >= 15 is 0 Å². The minimum atomic E-state index is -3.59. The van der Waals surface area contributed by atoms with Crippen LogP contribution in [0.25, 0.3) is 0 Å². The number of para-hydroxylation sites is 1. The number of hydrogen-bond acceptors (Lipinski definition) is 8. The van der Waals surface area contributed by atoms with Gasteiger partial charge in [-0.3, -0.25) is 18.9 Å². The lowest BCUT2D eigenvalue weighted by Crippen LogP contribution is -2.37. The van der Waals surface area contributed by atoms with Gasteiger partial charge in [0.2, 0.25) is 11.8 Å². The van der Waals surface area contributed by atoms with Crippen LogP contribution < -0.4 is 20.9 Å². The molecule has 36 heavy (non-hydrogen) atoms. The summed E-state index contributed by atoms with van der Waals surface area (Å²) in [5, 5.41) is 5.57. The quantitative estimate of drug-likeness (QED) is 0.133. The van der Waals surface area contributed by atoms with Crippen LogP contribution in [-0.4, -0.2) is 62.6 Å². The molecule has 0 radical (unpaired) electrons. The normalized spacial score (nSPS) is 13.3. The number of benzene rings is 1. The summed E-state index contributed by atoms with van der Waals surface area (Å²) in [6.45, 7) is 5.92. The highest BCUT2D eigenvalue weighted by Crippen LogP contribution is 2.53. The van der Waals surface area contributed by atoms with Crippen molar-refractivity contribution in [1.82, 2.24) is 10.6 Å². The monoisotopic (exact) mass is 527 g/mol. The molecule has 0 unspecified atom stereocenters. The van der Waals surface area contributed by atoms with Crippen molar-refractivity contribution in [3.63, 3.8) is 0 Å². The highest BCUT2D eigenvalue weighted by Gasteiger charge is 2.37. The fourth-order valence-corrected chi connectivity index (χ4v) is 5.79. The SMILES string of the molecule is CCOCCCNC(=O)CCC(=O)N[C@@H](CCCCN)[P@@](=O)(CCC(=O)OCC)Oc1ccccc1. The number of hydrogen-bond donors (Lipinski definition) is 3. The highest BCUT2D eigenvalue weighted by molar-refractivity contribution is 7.60. The Morgan fingerprint density at radius 2 is 1.69 bits per heavy atom. The van der Waals surface area contributed by atoms with Crippen LogP contribution in [-0.2, 0) is 28.4 Å². The van der Waals surface area contributed by atoms with E-state index in [0.717, 1.165) is 0 Å². The summed E-state index contributed by atoms with van der Waals surface area (Å²) in [7, 11) is -3.59. The molecule has 0 aliphatic carbocycles. The average Bonchev–Trinajstić information content (AvgIpc) is 2.86. The van der Waals surface area contributed by atoms with Gasteiger partial charge in [-0.15, -0.1) is 0 Å². The van der Waals surface area contributed by atoms with E-state index in [1.807, 2.05) is 6.92 Å². The Labute approximate surface area is 214 Å². The maximum atomic E-state index is 14.1. The molecule has 0 saturated heterocycles. The Balaban J connectivity index is 2.86. The average molecular weight is 528 g/mol. The lowest BCUT2D eigenvalue weighted by atomic mass is 10.2. The van der Waals surface area contributed by atoms with Gasteiger partial charge in [0, 0.05) is 38.8 Å². The van der Waals surface area contributed by atoms with Gasteiger partial charge in [-0.25, -0.2) is 0 Å². The number of ether oxygens (including phenoxy) is 2. The molecule has 2 atom stereocenters. The maximum Gasteiger partial charge on any atom is 0.306 e. The van der Waals surface area contributed by atoms with E-state index in [1.54, 1.807) is 37.3 Å². The first kappa shape index (κ1) is 31.6. The standard InChI is InChI=1S/C25H42N3O7P/c1-3-33-19-10-18-27-22(29)14-15-23(30)28-24(13-8-9-17-26)36(32,20-16-25(31)34-4-2)35-21-11-6-5-7-12-21/h5-7,11-12,24H,3-4,8-10,13-20,26H2,1-2H3,(H,27,29)(H,28,30)/t24-,36-/m1/s1. The van der Waals surface area contributed by atoms with Gasteiger partial charge in [0.1, 0.15) is 11.5 Å². The van der Waals surface area contributed by atoms with Crippen LogP contribution in [0.5, 0.6) is 5.75 Å². The number of amides is 2. The first-order valence-electron chi connectivity index (χ1n) is 12.7. The zero-order chi connectivity index (χ0) is 26.7. The van der Waals surface area contributed by atoms with Crippen molar-refractivity contribution in [3.05, 3.63) is 30.3 Å². The number of nitrogens with one attached hydrogen (secondary N) is 2. The molecule has 0 spiro atoms. The van der Waals surface area contributed by atoms with Crippen LogP contribution in [0.1, 0.15) is 58.8 Å². The Kier molecular flexibility index (Phi) is 16.5. The molecule has 204 valence electrons. The van der Waals surface area contributed by atoms with Gasteiger partial charge in [-0.05, 0) is 58.2 Å². The summed E-state index contributed by atoms with van der Waals surface area (Å²) in [5.74, 6) is -1.59. The molecule has 0 aliphatic rings. The summed E-state index contributed by atoms with van der Waals surface area (Å²) >= 11 is 0. The largest absolute Gasteiger partial charge is 0.466 e. The van der Waals surface area contributed by atoms with Crippen molar-refractivity contribution < 1.29 is 32.9 Å². The molecular formula is C25H42N3O7P. The lowest BCUT2D eigenvalue weighted by molar-refractivity contribution is -0.142. The van der Waals surface area contributed by atoms with Crippen LogP contribution in [0.2, 0.25) is 0 Å². The molecule has 0 heterocycles. The number of unbranched alkanes of at least 4 members (excludes halogenated alkanes) is 1. The molecular weight excluding hydrogens is 485 g/mol. The molecule has 11 heteroatoms. The Bertz CT molecular complexity index is 823. The molecule has 2 amide bonds. The summed E-state index contributed by atoms with van der Waals surface area (Å²) < 4.78 is 30.3. The first-order chi connectivity index (χ1) is 17.3. The summed E-state index contributed by atoms with van der Waals surface area (Å²) in [6, 6.07) is 8.65. The number of carbonyl (C=O) groups excluding carboxylic acids is 3. The highest BCUT2D eigenvalue weighted by atomic mass is 31.2. The Morgan fingerprint density at radius 1 is 0.972 bits per heavy atom. The van der Waals surface area contributed by atoms with Crippen LogP contribution in [0.4, 0.5) is 0 Å². The van der Waals surface area contributed by atoms with Gasteiger partial charge in [0.05, 0.1) is 13.0 Å². The van der Waals surface area contributed by atoms with E-state index in [4.69, 9.17) is 19.7 Å². The molecule has 0 bridgehead atoms. The topological polar surface area (TPSA) is 146 Å². The molecule has 0 aromatic heterocycles. The smallest absolute Gasteiger partial charge is 0.306 e. The third-order valence-corrected chi connectivity index (χ3v) is 7.94. The minimum Gasteiger partial charge on any atom is -0.466 e. The number of nitrogens with two attached hydrogens (primary N) is 1. The summed E-state index contributed by atoms with van der Waals surface area (Å²) in [6.07, 6.45) is 2.09. The zero-order valence-electron chi connectivity index (χ0n) is 21.5. The lowest BCUT2D eigenvalue weighted by Gasteiger charge is -2.29. The fourth-order valence-electron chi connectivity index (χ4n) is 3.37. The van der Waals surface area contributed by atoms with Gasteiger partial charge in [-0.1, -0.05) is 18.2 Å². The van der Waals surface area contributed by atoms with Crippen molar-refractivity contribution in [2.45, 2.75) is 64.6 Å². The van der Waals surface area contributed by atoms with E-state index in [-0.39, 0.29) is 37.9 Å². The van der Waals surface area contributed by atoms with Crippen molar-refractivity contribution in [3.8, 4) is 5.75 Å². The van der Waals surface area contributed by atoms with E-state index in [0.29, 0.717) is 57.7 Å². The fraction of sp³-hybridized carbons (Fsp3) is 0.640. The van der Waals surface area contributed by atoms with Gasteiger partial charge in [-0.2, -0.15) is 0 Å². The van der Waals surface area contributed by atoms with Crippen molar-refractivity contribution in [2.24, 2.45) is 5.73 Å². The van der Waals surface area contributed by atoms with Crippen molar-refractivity contribution >= 4 is 25.2 Å². The molecule has 10 nitrogen and oxygen atoms in total. The van der Waals surface area contributed by atoms with E-state index in [2.05, 4.69) is 10.6 Å². The van der Waals surface area contributed by atoms with Gasteiger partial charge < -0.3 is 30.4 Å². The molecule has 1 rings (SSSR count). The van der Waals surface area contributed by atoms with Crippen molar-refractivity contribution in [2.75, 3.05) is 39.1 Å². The molecule has 4 N–H and O–H groups in total. The molecule has 1 aromatic carbocycles. The second kappa shape index (κ2) is 18.8. The van der Waals surface area contributed by atoms with Crippen molar-refractivity contribution in [1.29, 1.82) is 0 Å². The number of esters is 1. The van der Waals surface area contributed by atoms with Crippen LogP contribution in [0.15, 0.2) is 30.3 Å². The van der Waals surface area contributed by atoms with Crippen LogP contribution in [0.3, 0.4) is 0 Å².